The molecule has 0 heterocycles. The standard InChI is InChI=1S/C22H23FN2O4/c1-27-10-4-9-25-22(26)18(14-24)11-16-7-8-20(21(13-16)28-2)29-15-17-5-3-6-19(23)12-17/h3,5-8,11-13H,4,9-10,15H2,1-2H3,(H,25,26)/b18-11+. The van der Waals surface area contributed by atoms with Gasteiger partial charge in [-0.25, -0.2) is 4.39 Å². The number of benzene rings is 2. The van der Waals surface area contributed by atoms with Crippen LogP contribution < -0.4 is 14.8 Å². The molecular weight excluding hydrogens is 375 g/mol. The predicted octanol–water partition coefficient (Wildman–Crippen LogP) is 3.47. The SMILES string of the molecule is COCCCNC(=O)/C(C#N)=C/c1ccc(OCc2cccc(F)c2)c(OC)c1. The molecule has 6 nitrogen and oxygen atoms in total. The molecule has 0 bridgehead atoms. The van der Waals surface area contributed by atoms with Gasteiger partial charge in [0.25, 0.3) is 5.91 Å². The molecule has 0 aromatic heterocycles. The third-order valence-corrected chi connectivity index (χ3v) is 3.96. The Morgan fingerprint density at radius 3 is 2.72 bits per heavy atom. The number of methoxy groups -OCH3 is 2. The monoisotopic (exact) mass is 398 g/mol. The highest BCUT2D eigenvalue weighted by molar-refractivity contribution is 6.01. The van der Waals surface area contributed by atoms with Crippen molar-refractivity contribution in [1.29, 1.82) is 5.26 Å². The van der Waals surface area contributed by atoms with Gasteiger partial charge in [0.15, 0.2) is 11.5 Å². The highest BCUT2D eigenvalue weighted by Gasteiger charge is 2.10. The second-order valence-corrected chi connectivity index (χ2v) is 6.10. The van der Waals surface area contributed by atoms with Gasteiger partial charge in [0.1, 0.15) is 24.1 Å². The Balaban J connectivity index is 2.08. The maximum absolute atomic E-state index is 13.3. The molecule has 2 aromatic rings. The minimum Gasteiger partial charge on any atom is -0.493 e. The van der Waals surface area contributed by atoms with Gasteiger partial charge in [0, 0.05) is 20.3 Å². The molecule has 0 fully saturated rings. The number of hydrogen-bond acceptors (Lipinski definition) is 5. The molecular formula is C22H23FN2O4. The van der Waals surface area contributed by atoms with Gasteiger partial charge in [0.05, 0.1) is 7.11 Å². The Morgan fingerprint density at radius 2 is 2.03 bits per heavy atom. The van der Waals surface area contributed by atoms with Crippen LogP contribution in [-0.4, -0.2) is 33.3 Å². The minimum atomic E-state index is -0.450. The van der Waals surface area contributed by atoms with E-state index in [-0.39, 0.29) is 18.0 Å². The molecule has 152 valence electrons. The van der Waals surface area contributed by atoms with Crippen LogP contribution in [-0.2, 0) is 16.1 Å². The van der Waals surface area contributed by atoms with Gasteiger partial charge in [-0.3, -0.25) is 4.79 Å². The van der Waals surface area contributed by atoms with E-state index in [2.05, 4.69) is 5.32 Å². The van der Waals surface area contributed by atoms with E-state index in [0.29, 0.717) is 42.2 Å². The van der Waals surface area contributed by atoms with Gasteiger partial charge in [-0.15, -0.1) is 0 Å². The average Bonchev–Trinajstić information content (AvgIpc) is 2.73. The summed E-state index contributed by atoms with van der Waals surface area (Å²) in [7, 11) is 3.08. The van der Waals surface area contributed by atoms with Crippen LogP contribution in [0.25, 0.3) is 6.08 Å². The molecule has 1 N–H and O–H groups in total. The maximum Gasteiger partial charge on any atom is 0.261 e. The van der Waals surface area contributed by atoms with Crippen LogP contribution in [0, 0.1) is 17.1 Å². The summed E-state index contributed by atoms with van der Waals surface area (Å²) < 4.78 is 29.2. The molecule has 0 aliphatic carbocycles. The summed E-state index contributed by atoms with van der Waals surface area (Å²) in [4.78, 5) is 12.1. The molecule has 0 saturated carbocycles. The molecule has 0 aliphatic heterocycles. The van der Waals surface area contributed by atoms with Crippen molar-refractivity contribution in [2.24, 2.45) is 0 Å². The van der Waals surface area contributed by atoms with Crippen molar-refractivity contribution >= 4 is 12.0 Å². The van der Waals surface area contributed by atoms with E-state index in [4.69, 9.17) is 14.2 Å². The molecule has 0 radical (unpaired) electrons. The zero-order valence-electron chi connectivity index (χ0n) is 16.4. The summed E-state index contributed by atoms with van der Waals surface area (Å²) in [5.41, 5.74) is 1.29. The molecule has 2 aromatic carbocycles. The number of nitrogens with one attached hydrogen (secondary N) is 1. The quantitative estimate of drug-likeness (QED) is 0.377. The lowest BCUT2D eigenvalue weighted by Gasteiger charge is -2.12. The molecule has 7 heteroatoms. The summed E-state index contributed by atoms with van der Waals surface area (Å²) in [5, 5.41) is 12.0. The van der Waals surface area contributed by atoms with Crippen molar-refractivity contribution in [3.8, 4) is 17.6 Å². The Bertz CT molecular complexity index is 906. The fraction of sp³-hybridized carbons (Fsp3) is 0.273. The second-order valence-electron chi connectivity index (χ2n) is 6.10. The van der Waals surface area contributed by atoms with Crippen molar-refractivity contribution in [1.82, 2.24) is 5.32 Å². The van der Waals surface area contributed by atoms with E-state index in [0.717, 1.165) is 0 Å². The first kappa shape index (κ1) is 21.9. The normalized spacial score (nSPS) is 10.9. The minimum absolute atomic E-state index is 0.0158. The second kappa shape index (κ2) is 11.5. The smallest absolute Gasteiger partial charge is 0.261 e. The van der Waals surface area contributed by atoms with E-state index in [1.165, 1.54) is 25.3 Å². The van der Waals surface area contributed by atoms with Crippen LogP contribution in [0.4, 0.5) is 4.39 Å². The maximum atomic E-state index is 13.3. The van der Waals surface area contributed by atoms with Gasteiger partial charge in [-0.1, -0.05) is 18.2 Å². The summed E-state index contributed by atoms with van der Waals surface area (Å²) in [6.45, 7) is 1.12. The molecule has 2 rings (SSSR count). The first-order chi connectivity index (χ1) is 14.1. The van der Waals surface area contributed by atoms with Gasteiger partial charge < -0.3 is 19.5 Å². The van der Waals surface area contributed by atoms with E-state index in [9.17, 15) is 14.4 Å². The van der Waals surface area contributed by atoms with Crippen LogP contribution in [0.15, 0.2) is 48.0 Å². The van der Waals surface area contributed by atoms with Crippen LogP contribution in [0.1, 0.15) is 17.5 Å². The summed E-state index contributed by atoms with van der Waals surface area (Å²) >= 11 is 0. The number of ether oxygens (including phenoxy) is 3. The van der Waals surface area contributed by atoms with Crippen molar-refractivity contribution in [3.63, 3.8) is 0 Å². The Labute approximate surface area is 169 Å². The number of halogens is 1. The molecule has 1 amide bonds. The lowest BCUT2D eigenvalue weighted by Crippen LogP contribution is -2.26. The zero-order valence-corrected chi connectivity index (χ0v) is 16.4. The predicted molar refractivity (Wildman–Crippen MR) is 107 cm³/mol. The van der Waals surface area contributed by atoms with Crippen LogP contribution in [0.3, 0.4) is 0 Å². The Morgan fingerprint density at radius 1 is 1.21 bits per heavy atom. The highest BCUT2D eigenvalue weighted by Crippen LogP contribution is 2.29. The zero-order chi connectivity index (χ0) is 21.1. The van der Waals surface area contributed by atoms with E-state index < -0.39 is 5.91 Å². The number of carbonyl (C=O) groups is 1. The number of hydrogen-bond donors (Lipinski definition) is 1. The first-order valence-electron chi connectivity index (χ1n) is 9.01. The van der Waals surface area contributed by atoms with Gasteiger partial charge >= 0.3 is 0 Å². The number of carbonyl (C=O) groups excluding carboxylic acids is 1. The van der Waals surface area contributed by atoms with Crippen molar-refractivity contribution in [2.45, 2.75) is 13.0 Å². The molecule has 0 spiro atoms. The fourth-order valence-corrected chi connectivity index (χ4v) is 2.51. The summed E-state index contributed by atoms with van der Waals surface area (Å²) in [6, 6.07) is 13.1. The first-order valence-corrected chi connectivity index (χ1v) is 9.01. The molecule has 0 unspecified atom stereocenters. The van der Waals surface area contributed by atoms with E-state index in [1.807, 2.05) is 6.07 Å². The fourth-order valence-electron chi connectivity index (χ4n) is 2.51. The Hall–Kier alpha value is -3.37. The van der Waals surface area contributed by atoms with E-state index >= 15 is 0 Å². The van der Waals surface area contributed by atoms with Gasteiger partial charge in [0.2, 0.25) is 0 Å². The molecule has 0 aliphatic rings. The molecule has 0 atom stereocenters. The average molecular weight is 398 g/mol. The van der Waals surface area contributed by atoms with Crippen LogP contribution in [0.5, 0.6) is 11.5 Å². The number of rotatable bonds is 10. The third-order valence-electron chi connectivity index (χ3n) is 3.96. The molecule has 0 saturated heterocycles. The lowest BCUT2D eigenvalue weighted by atomic mass is 10.1. The molecule has 29 heavy (non-hydrogen) atoms. The van der Waals surface area contributed by atoms with Gasteiger partial charge in [-0.2, -0.15) is 5.26 Å². The van der Waals surface area contributed by atoms with Crippen molar-refractivity contribution in [2.75, 3.05) is 27.4 Å². The lowest BCUT2D eigenvalue weighted by molar-refractivity contribution is -0.117. The number of amides is 1. The third kappa shape index (κ3) is 6.94. The summed E-state index contributed by atoms with van der Waals surface area (Å²) in [5.74, 6) is 0.126. The van der Waals surface area contributed by atoms with Crippen LogP contribution >= 0.6 is 0 Å². The van der Waals surface area contributed by atoms with E-state index in [1.54, 1.807) is 37.4 Å². The number of nitriles is 1. The largest absolute Gasteiger partial charge is 0.493 e. The van der Waals surface area contributed by atoms with Gasteiger partial charge in [-0.05, 0) is 47.9 Å². The topological polar surface area (TPSA) is 80.6 Å². The number of nitrogens with zero attached hydrogens (tertiary/aromatic N) is 1. The van der Waals surface area contributed by atoms with Crippen molar-refractivity contribution < 1.29 is 23.4 Å². The summed E-state index contributed by atoms with van der Waals surface area (Å²) in [6.07, 6.45) is 2.14. The Kier molecular flexibility index (Phi) is 8.67. The van der Waals surface area contributed by atoms with Crippen molar-refractivity contribution in [3.05, 3.63) is 65.0 Å². The highest BCUT2D eigenvalue weighted by atomic mass is 19.1. The van der Waals surface area contributed by atoms with Crippen LogP contribution in [0.2, 0.25) is 0 Å².